The first-order chi connectivity index (χ1) is 10.8. The maximum atomic E-state index is 12.6. The Morgan fingerprint density at radius 1 is 0.864 bits per heavy atom. The zero-order valence-corrected chi connectivity index (χ0v) is 14.7. The largest absolute Gasteiger partial charge is 0.299 e. The van der Waals surface area contributed by atoms with Gasteiger partial charge in [-0.3, -0.25) is 4.79 Å². The van der Waals surface area contributed by atoms with Gasteiger partial charge in [-0.2, -0.15) is 0 Å². The van der Waals surface area contributed by atoms with E-state index in [9.17, 15) is 4.79 Å². The summed E-state index contributed by atoms with van der Waals surface area (Å²) in [5.74, 6) is 0.734. The number of carbonyl (C=O) groups excluding carboxylic acids is 1. The monoisotopic (exact) mass is 302 g/mol. The fourth-order valence-electron chi connectivity index (χ4n) is 3.02. The van der Waals surface area contributed by atoms with E-state index >= 15 is 0 Å². The van der Waals surface area contributed by atoms with Crippen LogP contribution in [0.5, 0.6) is 0 Å². The van der Waals surface area contributed by atoms with Gasteiger partial charge in [-0.25, -0.2) is 0 Å². The van der Waals surface area contributed by atoms with Crippen LogP contribution in [0.15, 0.2) is 30.3 Å². The van der Waals surface area contributed by atoms with Crippen LogP contribution in [0.4, 0.5) is 0 Å². The summed E-state index contributed by atoms with van der Waals surface area (Å²) < 4.78 is 0. The highest BCUT2D eigenvalue weighted by Gasteiger charge is 2.18. The third kappa shape index (κ3) is 8.36. The lowest BCUT2D eigenvalue weighted by atomic mass is 9.88. The van der Waals surface area contributed by atoms with Gasteiger partial charge in [-0.1, -0.05) is 89.1 Å². The Bertz CT molecular complexity index is 382. The summed E-state index contributed by atoms with van der Waals surface area (Å²) in [6.07, 6.45) is 12.6. The fraction of sp³-hybridized carbons (Fsp3) is 0.667. The predicted molar refractivity (Wildman–Crippen MR) is 96.2 cm³/mol. The number of rotatable bonds is 13. The molecule has 0 radical (unpaired) electrons. The molecular formula is C21H34O. The van der Waals surface area contributed by atoms with E-state index in [0.29, 0.717) is 5.78 Å². The van der Waals surface area contributed by atoms with E-state index in [0.717, 1.165) is 25.7 Å². The molecule has 0 heterocycles. The summed E-state index contributed by atoms with van der Waals surface area (Å²) in [6, 6.07) is 10.5. The van der Waals surface area contributed by atoms with Crippen LogP contribution in [-0.2, 0) is 11.2 Å². The minimum absolute atomic E-state index is 0.237. The molecule has 124 valence electrons. The highest BCUT2D eigenvalue weighted by Crippen LogP contribution is 2.20. The molecule has 0 N–H and O–H groups in total. The van der Waals surface area contributed by atoms with Crippen molar-refractivity contribution in [3.8, 4) is 0 Å². The summed E-state index contributed by atoms with van der Waals surface area (Å²) in [5, 5.41) is 0. The van der Waals surface area contributed by atoms with Crippen LogP contribution >= 0.6 is 0 Å². The second kappa shape index (κ2) is 12.4. The standard InChI is InChI=1S/C21H34O/c1-3-5-7-12-16-20(18-19-14-10-9-11-15-19)21(22)17-13-8-6-4-2/h9-11,14-15,20H,3-8,12-13,16-18H2,1-2H3. The average molecular weight is 303 g/mol. The molecule has 1 heteroatoms. The number of ketones is 1. The van der Waals surface area contributed by atoms with Crippen molar-refractivity contribution in [1.82, 2.24) is 0 Å². The number of benzene rings is 1. The number of unbranched alkanes of at least 4 members (excludes halogenated alkanes) is 6. The lowest BCUT2D eigenvalue weighted by molar-refractivity contribution is -0.123. The quantitative estimate of drug-likeness (QED) is 0.388. The van der Waals surface area contributed by atoms with Gasteiger partial charge >= 0.3 is 0 Å². The molecule has 0 aliphatic heterocycles. The second-order valence-electron chi connectivity index (χ2n) is 6.51. The summed E-state index contributed by atoms with van der Waals surface area (Å²) >= 11 is 0. The lowest BCUT2D eigenvalue weighted by Crippen LogP contribution is -2.17. The molecule has 1 aromatic rings. The van der Waals surface area contributed by atoms with Crippen molar-refractivity contribution >= 4 is 5.78 Å². The van der Waals surface area contributed by atoms with Crippen LogP contribution in [0.25, 0.3) is 0 Å². The summed E-state index contributed by atoms with van der Waals surface area (Å²) in [7, 11) is 0. The Morgan fingerprint density at radius 2 is 1.50 bits per heavy atom. The maximum Gasteiger partial charge on any atom is 0.136 e. The van der Waals surface area contributed by atoms with Gasteiger partial charge in [0, 0.05) is 12.3 Å². The van der Waals surface area contributed by atoms with Crippen molar-refractivity contribution in [2.75, 3.05) is 0 Å². The van der Waals surface area contributed by atoms with E-state index in [1.54, 1.807) is 0 Å². The molecule has 0 bridgehead atoms. The van der Waals surface area contributed by atoms with Crippen LogP contribution in [-0.4, -0.2) is 5.78 Å². The van der Waals surface area contributed by atoms with Crippen LogP contribution in [0.2, 0.25) is 0 Å². The van der Waals surface area contributed by atoms with Crippen LogP contribution < -0.4 is 0 Å². The third-order valence-electron chi connectivity index (χ3n) is 4.46. The highest BCUT2D eigenvalue weighted by molar-refractivity contribution is 5.81. The Morgan fingerprint density at radius 3 is 2.14 bits per heavy atom. The van der Waals surface area contributed by atoms with E-state index in [2.05, 4.69) is 38.1 Å². The maximum absolute atomic E-state index is 12.6. The van der Waals surface area contributed by atoms with Crippen molar-refractivity contribution in [3.63, 3.8) is 0 Å². The van der Waals surface area contributed by atoms with Gasteiger partial charge in [0.2, 0.25) is 0 Å². The molecule has 1 unspecified atom stereocenters. The molecular weight excluding hydrogens is 268 g/mol. The molecule has 1 nitrogen and oxygen atoms in total. The number of hydrogen-bond acceptors (Lipinski definition) is 1. The first-order valence-electron chi connectivity index (χ1n) is 9.34. The molecule has 0 spiro atoms. The zero-order chi connectivity index (χ0) is 16.0. The predicted octanol–water partition coefficient (Wildman–Crippen LogP) is 6.36. The summed E-state index contributed by atoms with van der Waals surface area (Å²) in [4.78, 5) is 12.6. The van der Waals surface area contributed by atoms with Gasteiger partial charge in [0.25, 0.3) is 0 Å². The van der Waals surface area contributed by atoms with E-state index in [4.69, 9.17) is 0 Å². The van der Waals surface area contributed by atoms with Crippen molar-refractivity contribution in [3.05, 3.63) is 35.9 Å². The normalized spacial score (nSPS) is 12.3. The van der Waals surface area contributed by atoms with Crippen molar-refractivity contribution in [1.29, 1.82) is 0 Å². The molecule has 0 fully saturated rings. The molecule has 0 saturated carbocycles. The summed E-state index contributed by atoms with van der Waals surface area (Å²) in [6.45, 7) is 4.45. The molecule has 0 aromatic heterocycles. The number of Topliss-reactive ketones (excluding diaryl/α,β-unsaturated/α-hetero) is 1. The molecule has 0 saturated heterocycles. The third-order valence-corrected chi connectivity index (χ3v) is 4.46. The van der Waals surface area contributed by atoms with Crippen molar-refractivity contribution in [2.45, 2.75) is 84.5 Å². The van der Waals surface area contributed by atoms with E-state index in [1.165, 1.54) is 50.5 Å². The number of hydrogen-bond donors (Lipinski definition) is 0. The van der Waals surface area contributed by atoms with Gasteiger partial charge in [0.1, 0.15) is 5.78 Å². The smallest absolute Gasteiger partial charge is 0.136 e. The number of carbonyl (C=O) groups is 1. The van der Waals surface area contributed by atoms with Crippen LogP contribution in [0, 0.1) is 5.92 Å². The molecule has 0 amide bonds. The van der Waals surface area contributed by atoms with Crippen molar-refractivity contribution in [2.24, 2.45) is 5.92 Å². The molecule has 1 atom stereocenters. The summed E-state index contributed by atoms with van der Waals surface area (Å²) in [5.41, 5.74) is 1.31. The fourth-order valence-corrected chi connectivity index (χ4v) is 3.02. The lowest BCUT2D eigenvalue weighted by Gasteiger charge is -2.16. The molecule has 1 aromatic carbocycles. The van der Waals surface area contributed by atoms with Crippen LogP contribution in [0.1, 0.15) is 83.6 Å². The Balaban J connectivity index is 2.47. The Hall–Kier alpha value is -1.11. The minimum Gasteiger partial charge on any atom is -0.299 e. The molecule has 0 aliphatic rings. The van der Waals surface area contributed by atoms with Gasteiger partial charge in [-0.15, -0.1) is 0 Å². The average Bonchev–Trinajstić information content (AvgIpc) is 2.55. The van der Waals surface area contributed by atoms with E-state index in [-0.39, 0.29) is 5.92 Å². The topological polar surface area (TPSA) is 17.1 Å². The molecule has 1 rings (SSSR count). The van der Waals surface area contributed by atoms with Gasteiger partial charge in [0.05, 0.1) is 0 Å². The zero-order valence-electron chi connectivity index (χ0n) is 14.7. The van der Waals surface area contributed by atoms with Gasteiger partial charge in [-0.05, 0) is 24.8 Å². The van der Waals surface area contributed by atoms with Crippen molar-refractivity contribution < 1.29 is 4.79 Å². The Kier molecular flexibility index (Phi) is 10.7. The van der Waals surface area contributed by atoms with E-state index in [1.807, 2.05) is 6.07 Å². The van der Waals surface area contributed by atoms with Crippen LogP contribution in [0.3, 0.4) is 0 Å². The highest BCUT2D eigenvalue weighted by atomic mass is 16.1. The van der Waals surface area contributed by atoms with Gasteiger partial charge in [0.15, 0.2) is 0 Å². The first-order valence-corrected chi connectivity index (χ1v) is 9.34. The SMILES string of the molecule is CCCCCCC(=O)C(CCCCCC)Cc1ccccc1. The van der Waals surface area contributed by atoms with E-state index < -0.39 is 0 Å². The first kappa shape index (κ1) is 18.9. The second-order valence-corrected chi connectivity index (χ2v) is 6.51. The minimum atomic E-state index is 0.237. The molecule has 22 heavy (non-hydrogen) atoms. The van der Waals surface area contributed by atoms with Gasteiger partial charge < -0.3 is 0 Å². The molecule has 0 aliphatic carbocycles. The Labute approximate surface area is 137 Å².